The van der Waals surface area contributed by atoms with E-state index in [1.807, 2.05) is 0 Å². The van der Waals surface area contributed by atoms with Crippen LogP contribution in [0.3, 0.4) is 0 Å². The zero-order chi connectivity index (χ0) is 15.3. The molecule has 0 amide bonds. The van der Waals surface area contributed by atoms with Crippen molar-refractivity contribution in [2.24, 2.45) is 23.2 Å². The molecule has 4 unspecified atom stereocenters. The molecule has 0 radical (unpaired) electrons. The summed E-state index contributed by atoms with van der Waals surface area (Å²) in [5.74, 6) is 1.97. The van der Waals surface area contributed by atoms with E-state index in [9.17, 15) is 9.47 Å². The van der Waals surface area contributed by atoms with Crippen LogP contribution >= 0.6 is 0 Å². The van der Waals surface area contributed by atoms with Gasteiger partial charge in [0.15, 0.2) is 0 Å². The molecule has 1 aliphatic rings. The molecule has 0 aromatic carbocycles. The highest BCUT2D eigenvalue weighted by Crippen LogP contribution is 2.43. The zero-order valence-electron chi connectivity index (χ0n) is 13.8. The van der Waals surface area contributed by atoms with Crippen LogP contribution in [0, 0.1) is 34.5 Å². The van der Waals surface area contributed by atoms with Crippen LogP contribution in [0.5, 0.6) is 0 Å². The molecule has 3 heteroatoms. The third-order valence-electron chi connectivity index (χ3n) is 5.21. The predicted octanol–water partition coefficient (Wildman–Crippen LogP) is 4.53. The maximum atomic E-state index is 12.6. The van der Waals surface area contributed by atoms with E-state index < -0.39 is 10.8 Å². The Bertz CT molecular complexity index is 370. The Morgan fingerprint density at radius 1 is 1.35 bits per heavy atom. The fourth-order valence-corrected chi connectivity index (χ4v) is 5.09. The second-order valence-corrected chi connectivity index (χ2v) is 9.17. The number of hydrogen-bond acceptors (Lipinski definition) is 2. The summed E-state index contributed by atoms with van der Waals surface area (Å²) >= 11 is 0. The first-order valence-corrected chi connectivity index (χ1v) is 9.46. The van der Waals surface area contributed by atoms with Gasteiger partial charge in [0.05, 0.1) is 17.2 Å². The van der Waals surface area contributed by atoms with Crippen LogP contribution in [0.2, 0.25) is 0 Å². The van der Waals surface area contributed by atoms with Gasteiger partial charge in [-0.05, 0) is 42.9 Å². The number of hydrogen-bond donors (Lipinski definition) is 0. The molecule has 20 heavy (non-hydrogen) atoms. The summed E-state index contributed by atoms with van der Waals surface area (Å²) in [6.07, 6.45) is 5.19. The SMILES string of the molecule is CCC(C)(C)C1CCC(C#N)C(S(=O)CCC(C)C)C1. The van der Waals surface area contributed by atoms with E-state index in [0.717, 1.165) is 37.9 Å². The summed E-state index contributed by atoms with van der Waals surface area (Å²) in [6.45, 7) is 11.2. The summed E-state index contributed by atoms with van der Waals surface area (Å²) in [5.41, 5.74) is 0.306. The normalized spacial score (nSPS) is 29.1. The first-order valence-electron chi connectivity index (χ1n) is 8.08. The molecule has 4 atom stereocenters. The Morgan fingerprint density at radius 2 is 2.00 bits per heavy atom. The average molecular weight is 298 g/mol. The zero-order valence-corrected chi connectivity index (χ0v) is 14.6. The fourth-order valence-electron chi connectivity index (χ4n) is 3.07. The topological polar surface area (TPSA) is 40.9 Å². The van der Waals surface area contributed by atoms with Gasteiger partial charge in [0, 0.05) is 16.6 Å². The standard InChI is InChI=1S/C17H31NOS/c1-6-17(4,5)15-8-7-14(12-18)16(11-15)20(19)10-9-13(2)3/h13-16H,6-11H2,1-5H3. The lowest BCUT2D eigenvalue weighted by atomic mass is 9.67. The van der Waals surface area contributed by atoms with Gasteiger partial charge in [-0.15, -0.1) is 0 Å². The van der Waals surface area contributed by atoms with E-state index in [1.165, 1.54) is 0 Å². The van der Waals surface area contributed by atoms with Crippen molar-refractivity contribution in [2.75, 3.05) is 5.75 Å². The molecule has 0 aliphatic heterocycles. The van der Waals surface area contributed by atoms with Gasteiger partial charge < -0.3 is 0 Å². The maximum absolute atomic E-state index is 12.6. The van der Waals surface area contributed by atoms with Gasteiger partial charge in [-0.1, -0.05) is 41.0 Å². The highest BCUT2D eigenvalue weighted by atomic mass is 32.2. The Labute approximate surface area is 127 Å². The molecule has 1 aliphatic carbocycles. The Balaban J connectivity index is 2.74. The molecule has 0 bridgehead atoms. The van der Waals surface area contributed by atoms with Gasteiger partial charge in [-0.25, -0.2) is 0 Å². The molecular formula is C17H31NOS. The lowest BCUT2D eigenvalue weighted by molar-refractivity contribution is 0.143. The van der Waals surface area contributed by atoms with Gasteiger partial charge in [-0.2, -0.15) is 5.26 Å². The van der Waals surface area contributed by atoms with Crippen LogP contribution in [-0.2, 0) is 10.8 Å². The molecule has 2 nitrogen and oxygen atoms in total. The number of rotatable bonds is 6. The van der Waals surface area contributed by atoms with Crippen LogP contribution in [0.25, 0.3) is 0 Å². The fraction of sp³-hybridized carbons (Fsp3) is 0.941. The summed E-state index contributed by atoms with van der Waals surface area (Å²) in [4.78, 5) is 0. The van der Waals surface area contributed by atoms with Crippen LogP contribution in [-0.4, -0.2) is 15.2 Å². The quantitative estimate of drug-likeness (QED) is 0.723. The van der Waals surface area contributed by atoms with E-state index in [1.54, 1.807) is 0 Å². The second-order valence-electron chi connectivity index (χ2n) is 7.39. The number of nitriles is 1. The molecule has 0 aromatic rings. The van der Waals surface area contributed by atoms with Gasteiger partial charge in [0.25, 0.3) is 0 Å². The highest BCUT2D eigenvalue weighted by molar-refractivity contribution is 7.85. The monoisotopic (exact) mass is 297 g/mol. The maximum Gasteiger partial charge on any atom is 0.0668 e. The smallest absolute Gasteiger partial charge is 0.0668 e. The van der Waals surface area contributed by atoms with Crippen LogP contribution in [0.15, 0.2) is 0 Å². The van der Waals surface area contributed by atoms with Crippen molar-refractivity contribution in [3.05, 3.63) is 0 Å². The minimum Gasteiger partial charge on any atom is -0.259 e. The summed E-state index contributed by atoms with van der Waals surface area (Å²) in [6, 6.07) is 2.42. The molecule has 1 saturated carbocycles. The minimum atomic E-state index is -0.837. The first kappa shape index (κ1) is 17.7. The Kier molecular flexibility index (Phi) is 6.72. The summed E-state index contributed by atoms with van der Waals surface area (Å²) in [5, 5.41) is 9.45. The molecule has 0 saturated heterocycles. The lowest BCUT2D eigenvalue weighted by Gasteiger charge is -2.41. The van der Waals surface area contributed by atoms with Crippen LogP contribution < -0.4 is 0 Å². The minimum absolute atomic E-state index is 0.00639. The summed E-state index contributed by atoms with van der Waals surface area (Å²) in [7, 11) is -0.837. The number of nitrogens with zero attached hydrogens (tertiary/aromatic N) is 1. The van der Waals surface area contributed by atoms with E-state index in [2.05, 4.69) is 40.7 Å². The van der Waals surface area contributed by atoms with Crippen molar-refractivity contribution >= 4 is 10.8 Å². The molecular weight excluding hydrogens is 266 g/mol. The van der Waals surface area contributed by atoms with Crippen LogP contribution in [0.1, 0.15) is 66.7 Å². The highest BCUT2D eigenvalue weighted by Gasteiger charge is 2.39. The molecule has 116 valence electrons. The summed E-state index contributed by atoms with van der Waals surface area (Å²) < 4.78 is 12.6. The van der Waals surface area contributed by atoms with Crippen molar-refractivity contribution in [2.45, 2.75) is 72.0 Å². The van der Waals surface area contributed by atoms with Crippen molar-refractivity contribution in [1.29, 1.82) is 5.26 Å². The van der Waals surface area contributed by atoms with Gasteiger partial charge in [-0.3, -0.25) is 4.21 Å². The molecule has 1 rings (SSSR count). The van der Waals surface area contributed by atoms with Gasteiger partial charge >= 0.3 is 0 Å². The second kappa shape index (κ2) is 7.59. The lowest BCUT2D eigenvalue weighted by Crippen LogP contribution is -2.38. The van der Waals surface area contributed by atoms with Crippen molar-refractivity contribution in [1.82, 2.24) is 0 Å². The van der Waals surface area contributed by atoms with E-state index in [4.69, 9.17) is 0 Å². The van der Waals surface area contributed by atoms with E-state index in [-0.39, 0.29) is 11.2 Å². The van der Waals surface area contributed by atoms with Gasteiger partial charge in [0.1, 0.15) is 0 Å². The average Bonchev–Trinajstić information content (AvgIpc) is 2.43. The predicted molar refractivity (Wildman–Crippen MR) is 86.8 cm³/mol. The molecule has 1 fully saturated rings. The van der Waals surface area contributed by atoms with Crippen molar-refractivity contribution in [3.63, 3.8) is 0 Å². The van der Waals surface area contributed by atoms with E-state index >= 15 is 0 Å². The largest absolute Gasteiger partial charge is 0.259 e. The Hall–Kier alpha value is -0.360. The molecule has 0 N–H and O–H groups in total. The van der Waals surface area contributed by atoms with Crippen molar-refractivity contribution in [3.8, 4) is 6.07 Å². The molecule has 0 aromatic heterocycles. The Morgan fingerprint density at radius 3 is 2.50 bits per heavy atom. The third kappa shape index (κ3) is 4.58. The molecule has 0 spiro atoms. The van der Waals surface area contributed by atoms with Gasteiger partial charge in [0.2, 0.25) is 0 Å². The third-order valence-corrected chi connectivity index (χ3v) is 7.04. The molecule has 0 heterocycles. The van der Waals surface area contributed by atoms with Crippen LogP contribution in [0.4, 0.5) is 0 Å². The first-order chi connectivity index (χ1) is 9.31. The van der Waals surface area contributed by atoms with Crippen molar-refractivity contribution < 1.29 is 4.21 Å². The van der Waals surface area contributed by atoms with E-state index in [0.29, 0.717) is 17.3 Å².